The lowest BCUT2D eigenvalue weighted by Crippen LogP contribution is -2.07. The summed E-state index contributed by atoms with van der Waals surface area (Å²) in [5, 5.41) is 8.43. The average molecular weight is 250 g/mol. The summed E-state index contributed by atoms with van der Waals surface area (Å²) in [6, 6.07) is 0. The SMILES string of the molecule is CCCCOCCOC(C)=O.COCC(C)O. The molecule has 5 heteroatoms. The number of aliphatic hydroxyl groups is 1. The number of hydrogen-bond donors (Lipinski definition) is 1. The van der Waals surface area contributed by atoms with E-state index in [-0.39, 0.29) is 12.1 Å². The molecule has 1 unspecified atom stereocenters. The van der Waals surface area contributed by atoms with E-state index in [0.29, 0.717) is 19.8 Å². The van der Waals surface area contributed by atoms with Crippen LogP contribution in [0.15, 0.2) is 0 Å². The molecule has 0 aliphatic carbocycles. The summed E-state index contributed by atoms with van der Waals surface area (Å²) in [6.45, 7) is 7.27. The number of carbonyl (C=O) groups excluding carboxylic acids is 1. The molecule has 0 aromatic carbocycles. The van der Waals surface area contributed by atoms with E-state index in [1.807, 2.05) is 0 Å². The Balaban J connectivity index is 0. The molecule has 0 heterocycles. The molecule has 0 aromatic heterocycles. The lowest BCUT2D eigenvalue weighted by molar-refractivity contribution is -0.142. The quantitative estimate of drug-likeness (QED) is 0.521. The second-order valence-electron chi connectivity index (χ2n) is 3.61. The van der Waals surface area contributed by atoms with Gasteiger partial charge in [-0.3, -0.25) is 4.79 Å². The van der Waals surface area contributed by atoms with Crippen LogP contribution < -0.4 is 0 Å². The summed E-state index contributed by atoms with van der Waals surface area (Å²) in [7, 11) is 1.56. The molecule has 0 amide bonds. The third-order valence-corrected chi connectivity index (χ3v) is 1.58. The first-order valence-corrected chi connectivity index (χ1v) is 5.92. The number of rotatable bonds is 8. The molecule has 0 aliphatic rings. The molecule has 104 valence electrons. The van der Waals surface area contributed by atoms with E-state index in [2.05, 4.69) is 16.4 Å². The molecule has 0 spiro atoms. The van der Waals surface area contributed by atoms with Gasteiger partial charge in [-0.05, 0) is 13.3 Å². The summed E-state index contributed by atoms with van der Waals surface area (Å²) in [5.74, 6) is -0.246. The first-order chi connectivity index (χ1) is 8.04. The van der Waals surface area contributed by atoms with Crippen molar-refractivity contribution in [1.29, 1.82) is 0 Å². The predicted octanol–water partition coefficient (Wildman–Crippen LogP) is 1.38. The predicted molar refractivity (Wildman–Crippen MR) is 65.9 cm³/mol. The van der Waals surface area contributed by atoms with Crippen molar-refractivity contribution in [2.75, 3.05) is 33.5 Å². The van der Waals surface area contributed by atoms with Crippen LogP contribution in [-0.4, -0.2) is 50.7 Å². The Morgan fingerprint density at radius 1 is 1.29 bits per heavy atom. The number of methoxy groups -OCH3 is 1. The molecule has 0 fully saturated rings. The fourth-order valence-corrected chi connectivity index (χ4v) is 0.834. The smallest absolute Gasteiger partial charge is 0.302 e. The van der Waals surface area contributed by atoms with Crippen molar-refractivity contribution in [3.05, 3.63) is 0 Å². The largest absolute Gasteiger partial charge is 0.463 e. The number of hydrogen-bond acceptors (Lipinski definition) is 5. The maximum absolute atomic E-state index is 10.3. The van der Waals surface area contributed by atoms with Crippen LogP contribution in [0.2, 0.25) is 0 Å². The number of unbranched alkanes of at least 4 members (excludes halogenated alkanes) is 1. The monoisotopic (exact) mass is 250 g/mol. The van der Waals surface area contributed by atoms with Gasteiger partial charge in [0.05, 0.1) is 19.3 Å². The van der Waals surface area contributed by atoms with Crippen molar-refractivity contribution in [3.63, 3.8) is 0 Å². The minimum Gasteiger partial charge on any atom is -0.463 e. The highest BCUT2D eigenvalue weighted by atomic mass is 16.6. The highest BCUT2D eigenvalue weighted by Gasteiger charge is 1.91. The number of ether oxygens (including phenoxy) is 3. The Morgan fingerprint density at radius 2 is 1.94 bits per heavy atom. The van der Waals surface area contributed by atoms with Crippen LogP contribution >= 0.6 is 0 Å². The third-order valence-electron chi connectivity index (χ3n) is 1.58. The van der Waals surface area contributed by atoms with Crippen molar-refractivity contribution in [3.8, 4) is 0 Å². The highest BCUT2D eigenvalue weighted by Crippen LogP contribution is 1.87. The Hall–Kier alpha value is -0.650. The van der Waals surface area contributed by atoms with E-state index < -0.39 is 0 Å². The normalized spacial score (nSPS) is 11.4. The second-order valence-corrected chi connectivity index (χ2v) is 3.61. The van der Waals surface area contributed by atoms with Crippen molar-refractivity contribution in [1.82, 2.24) is 0 Å². The van der Waals surface area contributed by atoms with Crippen molar-refractivity contribution < 1.29 is 24.1 Å². The van der Waals surface area contributed by atoms with Gasteiger partial charge in [0.1, 0.15) is 6.61 Å². The van der Waals surface area contributed by atoms with Gasteiger partial charge < -0.3 is 19.3 Å². The molecule has 0 saturated heterocycles. The Morgan fingerprint density at radius 3 is 2.29 bits per heavy atom. The Labute approximate surface area is 104 Å². The van der Waals surface area contributed by atoms with E-state index in [0.717, 1.165) is 19.4 Å². The first-order valence-electron chi connectivity index (χ1n) is 5.92. The fraction of sp³-hybridized carbons (Fsp3) is 0.917. The average Bonchev–Trinajstić information content (AvgIpc) is 2.23. The van der Waals surface area contributed by atoms with Gasteiger partial charge in [-0.15, -0.1) is 0 Å². The summed E-state index contributed by atoms with van der Waals surface area (Å²) < 4.78 is 14.4. The molecule has 0 rings (SSSR count). The minimum absolute atomic E-state index is 0.246. The first kappa shape index (κ1) is 18.7. The lowest BCUT2D eigenvalue weighted by atomic mass is 10.4. The van der Waals surface area contributed by atoms with Gasteiger partial charge in [0.15, 0.2) is 0 Å². The number of carbonyl (C=O) groups is 1. The van der Waals surface area contributed by atoms with Gasteiger partial charge in [0.25, 0.3) is 0 Å². The summed E-state index contributed by atoms with van der Waals surface area (Å²) in [4.78, 5) is 10.3. The second kappa shape index (κ2) is 15.4. The van der Waals surface area contributed by atoms with Crippen LogP contribution in [0.4, 0.5) is 0 Å². The van der Waals surface area contributed by atoms with Crippen LogP contribution in [0.25, 0.3) is 0 Å². The van der Waals surface area contributed by atoms with Crippen molar-refractivity contribution in [2.45, 2.75) is 39.7 Å². The van der Waals surface area contributed by atoms with Crippen LogP contribution in [0.3, 0.4) is 0 Å². The van der Waals surface area contributed by atoms with E-state index in [1.165, 1.54) is 6.92 Å². The number of aliphatic hydroxyl groups excluding tert-OH is 1. The zero-order chi connectivity index (χ0) is 13.5. The molecule has 1 N–H and O–H groups in total. The van der Waals surface area contributed by atoms with Gasteiger partial charge in [-0.1, -0.05) is 13.3 Å². The lowest BCUT2D eigenvalue weighted by Gasteiger charge is -2.02. The maximum Gasteiger partial charge on any atom is 0.302 e. The van der Waals surface area contributed by atoms with Crippen LogP contribution in [0, 0.1) is 0 Å². The zero-order valence-corrected chi connectivity index (χ0v) is 11.4. The molecular formula is C12H26O5. The van der Waals surface area contributed by atoms with Gasteiger partial charge in [0.2, 0.25) is 0 Å². The van der Waals surface area contributed by atoms with Crippen molar-refractivity contribution >= 4 is 5.97 Å². The summed E-state index contributed by atoms with van der Waals surface area (Å²) in [5.41, 5.74) is 0. The van der Waals surface area contributed by atoms with Crippen molar-refractivity contribution in [2.24, 2.45) is 0 Å². The molecule has 5 nitrogen and oxygen atoms in total. The zero-order valence-electron chi connectivity index (χ0n) is 11.4. The molecule has 0 aromatic rings. The molecular weight excluding hydrogens is 224 g/mol. The molecule has 0 bridgehead atoms. The minimum atomic E-state index is -0.324. The molecule has 0 radical (unpaired) electrons. The highest BCUT2D eigenvalue weighted by molar-refractivity contribution is 5.65. The Kier molecular flexibility index (Phi) is 16.9. The third kappa shape index (κ3) is 25.5. The van der Waals surface area contributed by atoms with E-state index in [4.69, 9.17) is 9.84 Å². The molecule has 0 saturated carbocycles. The van der Waals surface area contributed by atoms with Crippen LogP contribution in [-0.2, 0) is 19.0 Å². The summed E-state index contributed by atoms with van der Waals surface area (Å²) >= 11 is 0. The van der Waals surface area contributed by atoms with E-state index in [1.54, 1.807) is 14.0 Å². The molecule has 17 heavy (non-hydrogen) atoms. The van der Waals surface area contributed by atoms with Crippen LogP contribution in [0.5, 0.6) is 0 Å². The van der Waals surface area contributed by atoms with Gasteiger partial charge in [-0.25, -0.2) is 0 Å². The molecule has 0 aliphatic heterocycles. The topological polar surface area (TPSA) is 65.0 Å². The van der Waals surface area contributed by atoms with Crippen LogP contribution in [0.1, 0.15) is 33.6 Å². The fourth-order valence-electron chi connectivity index (χ4n) is 0.834. The van der Waals surface area contributed by atoms with E-state index >= 15 is 0 Å². The summed E-state index contributed by atoms with van der Waals surface area (Å²) in [6.07, 6.45) is 1.88. The molecule has 1 atom stereocenters. The standard InChI is InChI=1S/C8H16O3.C4H10O2/c1-3-4-5-10-6-7-11-8(2)9;1-4(5)3-6-2/h3-7H2,1-2H3;4-5H,3H2,1-2H3. The number of esters is 1. The van der Waals surface area contributed by atoms with Gasteiger partial charge in [-0.2, -0.15) is 0 Å². The Bertz CT molecular complexity index is 159. The maximum atomic E-state index is 10.3. The van der Waals surface area contributed by atoms with Gasteiger partial charge >= 0.3 is 5.97 Å². The van der Waals surface area contributed by atoms with E-state index in [9.17, 15) is 4.79 Å². The van der Waals surface area contributed by atoms with Gasteiger partial charge in [0, 0.05) is 20.6 Å².